The molecule has 0 radical (unpaired) electrons. The molecule has 12 heteroatoms. The summed E-state index contributed by atoms with van der Waals surface area (Å²) in [5.74, 6) is -0.853. The lowest BCUT2D eigenvalue weighted by molar-refractivity contribution is -0.151. The van der Waals surface area contributed by atoms with Gasteiger partial charge in [-0.2, -0.15) is 0 Å². The number of amides is 3. The van der Waals surface area contributed by atoms with Crippen molar-refractivity contribution in [2.24, 2.45) is 40.4 Å². The minimum absolute atomic E-state index is 0.146. The molecule has 3 amide bonds. The van der Waals surface area contributed by atoms with E-state index in [1.807, 2.05) is 30.3 Å². The van der Waals surface area contributed by atoms with Gasteiger partial charge in [0.1, 0.15) is 11.6 Å². The summed E-state index contributed by atoms with van der Waals surface area (Å²) in [5, 5.41) is 9.59. The van der Waals surface area contributed by atoms with Crippen molar-refractivity contribution < 1.29 is 24.0 Å². The van der Waals surface area contributed by atoms with Crippen LogP contribution in [-0.4, -0.2) is 90.1 Å². The van der Waals surface area contributed by atoms with E-state index in [1.165, 1.54) is 12.8 Å². The minimum atomic E-state index is -1.51. The Balaban J connectivity index is 1.31. The normalized spacial score (nSPS) is 24.2. The molecule has 1 aliphatic heterocycles. The van der Waals surface area contributed by atoms with Gasteiger partial charge in [0.2, 0.25) is 17.7 Å². The highest BCUT2D eigenvalue weighted by Crippen LogP contribution is 2.61. The first kappa shape index (κ1) is 47.3. The SMILES string of the molecule is CN[C@@H](Cc1ccccc1)C(=O)N[C@@H](CCCCN)C(=O)N1CCC[C@H]1C(=O)C1(C(NC(=O)[C@@H](N)CC2CCCCC2)(C(=O)[C@H](N)CC2CCCCC2)C2CCCCC2)CC1. The zero-order chi connectivity index (χ0) is 43.4. The lowest BCUT2D eigenvalue weighted by Gasteiger charge is -2.49. The number of likely N-dealkylation sites (N-methyl/N-ethyl adjacent to an activating group) is 1. The van der Waals surface area contributed by atoms with Gasteiger partial charge in [0.05, 0.1) is 29.6 Å². The molecule has 5 aliphatic rings. The highest BCUT2D eigenvalue weighted by molar-refractivity contribution is 6.07. The number of benzene rings is 1. The average Bonchev–Trinajstić information content (AvgIpc) is 3.96. The molecule has 61 heavy (non-hydrogen) atoms. The topological polar surface area (TPSA) is 203 Å². The van der Waals surface area contributed by atoms with Gasteiger partial charge in [0, 0.05) is 6.54 Å². The fourth-order valence-corrected chi connectivity index (χ4v) is 12.0. The standard InChI is InChI=1S/C49H79N7O5/c1-53-41(33-36-21-10-4-11-22-36)46(60)54-40(25-14-15-29-50)47(61)56-30-16-26-42(56)44(58)48(27-28-48)49(37-23-12-5-13-24-37,43(57)38(51)31-34-17-6-2-7-18-34)55-45(59)39(52)32-35-19-8-3-9-20-35/h4,10-11,21-22,34-35,37-42,53H,2-3,5-9,12-20,23-33,50-52H2,1H3,(H,54,60)(H,55,59)/t38-,39+,40+,41+,42+,49?/m1/s1. The van der Waals surface area contributed by atoms with E-state index in [-0.39, 0.29) is 35.2 Å². The van der Waals surface area contributed by atoms with Gasteiger partial charge in [0.25, 0.3) is 0 Å². The quantitative estimate of drug-likeness (QED) is 0.0830. The number of nitrogens with two attached hydrogens (primary N) is 3. The zero-order valence-corrected chi connectivity index (χ0v) is 37.3. The molecule has 1 aromatic rings. The second-order valence-electron chi connectivity index (χ2n) is 19.7. The van der Waals surface area contributed by atoms with Crippen molar-refractivity contribution in [3.05, 3.63) is 35.9 Å². The molecule has 4 saturated carbocycles. The van der Waals surface area contributed by atoms with E-state index in [1.54, 1.807) is 11.9 Å². The molecule has 4 aliphatic carbocycles. The molecule has 6 atom stereocenters. The third-order valence-corrected chi connectivity index (χ3v) is 15.5. The molecule has 0 bridgehead atoms. The first-order valence-electron chi connectivity index (χ1n) is 24.5. The van der Waals surface area contributed by atoms with Crippen LogP contribution in [0.4, 0.5) is 0 Å². The Morgan fingerprint density at radius 2 is 1.33 bits per heavy atom. The Hall–Kier alpha value is -3.19. The zero-order valence-electron chi connectivity index (χ0n) is 37.3. The summed E-state index contributed by atoms with van der Waals surface area (Å²) < 4.78 is 0. The number of carbonyl (C=O) groups excluding carboxylic acids is 5. The summed E-state index contributed by atoms with van der Waals surface area (Å²) in [5.41, 5.74) is 18.0. The molecule has 1 unspecified atom stereocenters. The Morgan fingerprint density at radius 1 is 0.738 bits per heavy atom. The number of nitrogens with one attached hydrogen (secondary N) is 3. The number of nitrogens with zero attached hydrogens (tertiary/aromatic N) is 1. The van der Waals surface area contributed by atoms with Gasteiger partial charge in [-0.05, 0) is 114 Å². The van der Waals surface area contributed by atoms with Crippen LogP contribution in [-0.2, 0) is 30.4 Å². The predicted molar refractivity (Wildman–Crippen MR) is 240 cm³/mol. The highest BCUT2D eigenvalue weighted by Gasteiger charge is 2.72. The molecule has 12 nitrogen and oxygen atoms in total. The monoisotopic (exact) mass is 846 g/mol. The molecule has 9 N–H and O–H groups in total. The van der Waals surface area contributed by atoms with E-state index in [0.717, 1.165) is 76.2 Å². The van der Waals surface area contributed by atoms with Gasteiger partial charge in [-0.1, -0.05) is 114 Å². The van der Waals surface area contributed by atoms with Crippen molar-refractivity contribution in [1.82, 2.24) is 20.9 Å². The summed E-state index contributed by atoms with van der Waals surface area (Å²) in [4.78, 5) is 76.3. The predicted octanol–water partition coefficient (Wildman–Crippen LogP) is 5.37. The maximum absolute atomic E-state index is 15.7. The summed E-state index contributed by atoms with van der Waals surface area (Å²) in [7, 11) is 1.74. The van der Waals surface area contributed by atoms with Crippen LogP contribution in [0.15, 0.2) is 30.3 Å². The summed E-state index contributed by atoms with van der Waals surface area (Å²) in [6.45, 7) is 0.837. The van der Waals surface area contributed by atoms with Gasteiger partial charge in [-0.25, -0.2) is 0 Å². The summed E-state index contributed by atoms with van der Waals surface area (Å²) in [6, 6.07) is 5.94. The maximum Gasteiger partial charge on any atom is 0.245 e. The van der Waals surface area contributed by atoms with Gasteiger partial charge < -0.3 is 38.1 Å². The van der Waals surface area contributed by atoms with Crippen molar-refractivity contribution in [2.75, 3.05) is 20.1 Å². The van der Waals surface area contributed by atoms with Gasteiger partial charge in [-0.3, -0.25) is 24.0 Å². The molecule has 1 saturated heterocycles. The molecular weight excluding hydrogens is 767 g/mol. The maximum atomic E-state index is 15.7. The number of carbonyl (C=O) groups is 5. The number of hydrogen-bond donors (Lipinski definition) is 6. The van der Waals surface area contributed by atoms with Crippen LogP contribution >= 0.6 is 0 Å². The number of ketones is 2. The van der Waals surface area contributed by atoms with E-state index >= 15 is 9.59 Å². The van der Waals surface area contributed by atoms with Crippen molar-refractivity contribution in [2.45, 2.75) is 196 Å². The number of rotatable bonds is 22. The van der Waals surface area contributed by atoms with E-state index in [0.29, 0.717) is 102 Å². The second kappa shape index (κ2) is 22.4. The molecule has 1 aromatic carbocycles. The Labute approximate surface area is 365 Å². The first-order chi connectivity index (χ1) is 29.5. The van der Waals surface area contributed by atoms with E-state index in [2.05, 4.69) is 16.0 Å². The molecule has 5 fully saturated rings. The van der Waals surface area contributed by atoms with E-state index in [4.69, 9.17) is 17.2 Å². The van der Waals surface area contributed by atoms with Crippen molar-refractivity contribution in [3.63, 3.8) is 0 Å². The van der Waals surface area contributed by atoms with Crippen molar-refractivity contribution in [1.29, 1.82) is 0 Å². The minimum Gasteiger partial charge on any atom is -0.343 e. The molecule has 0 spiro atoms. The molecular formula is C49H79N7O5. The highest BCUT2D eigenvalue weighted by atomic mass is 16.2. The van der Waals surface area contributed by atoms with Crippen LogP contribution in [0.2, 0.25) is 0 Å². The number of likely N-dealkylation sites (tertiary alicyclic amines) is 1. The third kappa shape index (κ3) is 11.3. The summed E-state index contributed by atoms with van der Waals surface area (Å²) >= 11 is 0. The first-order valence-corrected chi connectivity index (χ1v) is 24.5. The number of unbranched alkanes of at least 4 members (excludes halogenated alkanes) is 1. The lowest BCUT2D eigenvalue weighted by atomic mass is 9.60. The van der Waals surface area contributed by atoms with Crippen molar-refractivity contribution >= 4 is 29.3 Å². The fourth-order valence-electron chi connectivity index (χ4n) is 12.0. The smallest absolute Gasteiger partial charge is 0.245 e. The van der Waals surface area contributed by atoms with Crippen LogP contribution in [0.3, 0.4) is 0 Å². The van der Waals surface area contributed by atoms with Crippen LogP contribution in [0, 0.1) is 23.2 Å². The van der Waals surface area contributed by atoms with Gasteiger partial charge in [0.15, 0.2) is 11.6 Å². The van der Waals surface area contributed by atoms with Crippen LogP contribution in [0.5, 0.6) is 0 Å². The third-order valence-electron chi connectivity index (χ3n) is 15.5. The Bertz CT molecular complexity index is 1600. The molecule has 0 aromatic heterocycles. The van der Waals surface area contributed by atoms with Gasteiger partial charge in [-0.15, -0.1) is 0 Å². The second-order valence-corrected chi connectivity index (χ2v) is 19.7. The van der Waals surface area contributed by atoms with Crippen LogP contribution < -0.4 is 33.2 Å². The van der Waals surface area contributed by atoms with Crippen molar-refractivity contribution in [3.8, 4) is 0 Å². The van der Waals surface area contributed by atoms with Crippen LogP contribution in [0.25, 0.3) is 0 Å². The average molecular weight is 846 g/mol. The Kier molecular flexibility index (Phi) is 17.4. The van der Waals surface area contributed by atoms with E-state index in [9.17, 15) is 14.4 Å². The summed E-state index contributed by atoms with van der Waals surface area (Å²) in [6.07, 6.45) is 20.6. The Morgan fingerprint density at radius 3 is 1.90 bits per heavy atom. The number of Topliss-reactive ketones (excluding diaryl/α,β-unsaturated/α-hetero) is 2. The largest absolute Gasteiger partial charge is 0.343 e. The van der Waals surface area contributed by atoms with Crippen LogP contribution in [0.1, 0.15) is 160 Å². The lowest BCUT2D eigenvalue weighted by Crippen LogP contribution is -2.72. The number of hydrogen-bond acceptors (Lipinski definition) is 9. The van der Waals surface area contributed by atoms with E-state index < -0.39 is 41.2 Å². The van der Waals surface area contributed by atoms with Gasteiger partial charge >= 0.3 is 0 Å². The molecule has 340 valence electrons. The molecule has 6 rings (SSSR count). The molecule has 1 heterocycles. The fraction of sp³-hybridized carbons (Fsp3) is 0.776.